The molecular formula is C6H3F2I2N. The summed E-state index contributed by atoms with van der Waals surface area (Å²) in [5.74, 6) is 0. The molecule has 0 unspecified atom stereocenters. The minimum absolute atomic E-state index is 0.127. The molecule has 0 aliphatic heterocycles. The van der Waals surface area contributed by atoms with Gasteiger partial charge < -0.3 is 0 Å². The maximum atomic E-state index is 12.1. The van der Waals surface area contributed by atoms with E-state index in [1.54, 1.807) is 6.07 Å². The molecule has 0 saturated carbocycles. The summed E-state index contributed by atoms with van der Waals surface area (Å²) < 4.78 is 25.6. The highest BCUT2D eigenvalue weighted by atomic mass is 127. The van der Waals surface area contributed by atoms with Crippen LogP contribution in [0.5, 0.6) is 0 Å². The van der Waals surface area contributed by atoms with Crippen LogP contribution in [0.25, 0.3) is 0 Å². The van der Waals surface area contributed by atoms with Crippen molar-refractivity contribution < 1.29 is 8.78 Å². The normalized spacial score (nSPS) is 10.6. The summed E-state index contributed by atoms with van der Waals surface area (Å²) in [5.41, 5.74) is -0.127. The highest BCUT2D eigenvalue weighted by Crippen LogP contribution is 2.25. The van der Waals surface area contributed by atoms with Crippen molar-refractivity contribution >= 4 is 45.2 Å². The molecule has 0 aromatic carbocycles. The summed E-state index contributed by atoms with van der Waals surface area (Å²) in [6.45, 7) is 0. The molecule has 0 amide bonds. The Bertz CT molecular complexity index is 265. The van der Waals surface area contributed by atoms with Gasteiger partial charge in [0.2, 0.25) is 0 Å². The van der Waals surface area contributed by atoms with Gasteiger partial charge in [0.05, 0.1) is 3.57 Å². The van der Waals surface area contributed by atoms with Gasteiger partial charge in [-0.25, -0.2) is 8.78 Å². The molecule has 1 rings (SSSR count). The van der Waals surface area contributed by atoms with Crippen LogP contribution in [0.2, 0.25) is 0 Å². The summed E-state index contributed by atoms with van der Waals surface area (Å²) >= 11 is 3.87. The zero-order valence-corrected chi connectivity index (χ0v) is 9.51. The SMILES string of the molecule is FC(F)c1nccc(I)c1I. The van der Waals surface area contributed by atoms with E-state index in [2.05, 4.69) is 4.98 Å². The fourth-order valence-electron chi connectivity index (χ4n) is 0.587. The van der Waals surface area contributed by atoms with Gasteiger partial charge in [-0.2, -0.15) is 0 Å². The van der Waals surface area contributed by atoms with Gasteiger partial charge >= 0.3 is 0 Å². The first-order chi connectivity index (χ1) is 5.13. The van der Waals surface area contributed by atoms with Crippen LogP contribution in [0.15, 0.2) is 12.3 Å². The Hall–Kier alpha value is 0.470. The highest BCUT2D eigenvalue weighted by molar-refractivity contribution is 14.1. The average molecular weight is 381 g/mol. The molecule has 0 fully saturated rings. The van der Waals surface area contributed by atoms with Gasteiger partial charge in [-0.3, -0.25) is 4.98 Å². The number of alkyl halides is 2. The number of rotatable bonds is 1. The third kappa shape index (κ3) is 2.20. The van der Waals surface area contributed by atoms with Crippen molar-refractivity contribution in [1.82, 2.24) is 4.98 Å². The van der Waals surface area contributed by atoms with Crippen LogP contribution in [0.3, 0.4) is 0 Å². The van der Waals surface area contributed by atoms with E-state index in [1.807, 2.05) is 45.2 Å². The summed E-state index contributed by atoms with van der Waals surface area (Å²) in [7, 11) is 0. The van der Waals surface area contributed by atoms with E-state index < -0.39 is 6.43 Å². The maximum Gasteiger partial charge on any atom is 0.281 e. The van der Waals surface area contributed by atoms with Gasteiger partial charge in [-0.15, -0.1) is 0 Å². The van der Waals surface area contributed by atoms with Gasteiger partial charge in [0.1, 0.15) is 5.69 Å². The molecule has 0 saturated heterocycles. The summed E-state index contributed by atoms with van der Waals surface area (Å²) in [5, 5.41) is 0. The zero-order chi connectivity index (χ0) is 8.43. The molecule has 0 aliphatic carbocycles. The van der Waals surface area contributed by atoms with Crippen LogP contribution in [0.4, 0.5) is 8.78 Å². The van der Waals surface area contributed by atoms with Crippen molar-refractivity contribution in [2.75, 3.05) is 0 Å². The summed E-state index contributed by atoms with van der Waals surface area (Å²) in [4.78, 5) is 3.58. The van der Waals surface area contributed by atoms with E-state index >= 15 is 0 Å². The fraction of sp³-hybridized carbons (Fsp3) is 0.167. The predicted molar refractivity (Wildman–Crippen MR) is 54.6 cm³/mol. The smallest absolute Gasteiger partial charge is 0.254 e. The Morgan fingerprint density at radius 2 is 2.00 bits per heavy atom. The van der Waals surface area contributed by atoms with Crippen molar-refractivity contribution in [2.24, 2.45) is 0 Å². The molecule has 5 heteroatoms. The predicted octanol–water partition coefficient (Wildman–Crippen LogP) is 3.23. The number of hydrogen-bond donors (Lipinski definition) is 0. The van der Waals surface area contributed by atoms with Gasteiger partial charge in [0, 0.05) is 9.77 Å². The van der Waals surface area contributed by atoms with Gasteiger partial charge in [0.15, 0.2) is 0 Å². The minimum Gasteiger partial charge on any atom is -0.254 e. The lowest BCUT2D eigenvalue weighted by Crippen LogP contribution is -1.95. The van der Waals surface area contributed by atoms with Crippen molar-refractivity contribution in [3.8, 4) is 0 Å². The molecule has 0 spiro atoms. The van der Waals surface area contributed by atoms with Crippen molar-refractivity contribution in [3.05, 3.63) is 25.1 Å². The Morgan fingerprint density at radius 1 is 1.36 bits per heavy atom. The number of nitrogens with zero attached hydrogens (tertiary/aromatic N) is 1. The second-order valence-corrected chi connectivity index (χ2v) is 4.03. The lowest BCUT2D eigenvalue weighted by atomic mass is 10.4. The molecular weight excluding hydrogens is 378 g/mol. The van der Waals surface area contributed by atoms with Crippen LogP contribution >= 0.6 is 45.2 Å². The number of hydrogen-bond acceptors (Lipinski definition) is 1. The number of pyridine rings is 1. The first-order valence-corrected chi connectivity index (χ1v) is 4.86. The zero-order valence-electron chi connectivity index (χ0n) is 5.19. The molecule has 1 nitrogen and oxygen atoms in total. The summed E-state index contributed by atoms with van der Waals surface area (Å²) in [6.07, 6.45) is -1.08. The lowest BCUT2D eigenvalue weighted by Gasteiger charge is -2.02. The minimum atomic E-state index is -2.48. The largest absolute Gasteiger partial charge is 0.281 e. The second kappa shape index (κ2) is 3.92. The molecule has 0 atom stereocenters. The maximum absolute atomic E-state index is 12.1. The van der Waals surface area contributed by atoms with Crippen LogP contribution in [0, 0.1) is 7.14 Å². The van der Waals surface area contributed by atoms with E-state index in [0.29, 0.717) is 3.57 Å². The first kappa shape index (κ1) is 9.56. The Kier molecular flexibility index (Phi) is 3.41. The molecule has 0 N–H and O–H groups in total. The monoisotopic (exact) mass is 381 g/mol. The Balaban J connectivity index is 3.17. The van der Waals surface area contributed by atoms with Crippen LogP contribution < -0.4 is 0 Å². The molecule has 0 bridgehead atoms. The average Bonchev–Trinajstić information content (AvgIpc) is 1.94. The van der Waals surface area contributed by atoms with E-state index in [9.17, 15) is 8.78 Å². The molecule has 0 radical (unpaired) electrons. The topological polar surface area (TPSA) is 12.9 Å². The third-order valence-electron chi connectivity index (χ3n) is 1.08. The van der Waals surface area contributed by atoms with Crippen LogP contribution in [-0.2, 0) is 0 Å². The van der Waals surface area contributed by atoms with Crippen molar-refractivity contribution in [3.63, 3.8) is 0 Å². The van der Waals surface area contributed by atoms with E-state index in [-0.39, 0.29) is 5.69 Å². The molecule has 1 aromatic heterocycles. The van der Waals surface area contributed by atoms with E-state index in [4.69, 9.17) is 0 Å². The standard InChI is InChI=1S/C6H3F2I2N/c7-6(8)5-4(10)3(9)1-2-11-5/h1-2,6H. The van der Waals surface area contributed by atoms with Crippen LogP contribution in [0.1, 0.15) is 12.1 Å². The van der Waals surface area contributed by atoms with Gasteiger partial charge in [-0.05, 0) is 51.2 Å². The molecule has 1 heterocycles. The van der Waals surface area contributed by atoms with Crippen molar-refractivity contribution in [2.45, 2.75) is 6.43 Å². The molecule has 0 aliphatic rings. The summed E-state index contributed by atoms with van der Waals surface area (Å²) in [6, 6.07) is 1.70. The highest BCUT2D eigenvalue weighted by Gasteiger charge is 2.14. The molecule has 1 aromatic rings. The number of halogens is 4. The van der Waals surface area contributed by atoms with E-state index in [0.717, 1.165) is 3.57 Å². The van der Waals surface area contributed by atoms with E-state index in [1.165, 1.54) is 6.20 Å². The first-order valence-electron chi connectivity index (χ1n) is 2.71. The Labute approximate surface area is 89.9 Å². The fourth-order valence-corrected chi connectivity index (χ4v) is 1.58. The van der Waals surface area contributed by atoms with Gasteiger partial charge in [-0.1, -0.05) is 0 Å². The third-order valence-corrected chi connectivity index (χ3v) is 4.14. The van der Waals surface area contributed by atoms with Gasteiger partial charge in [0.25, 0.3) is 6.43 Å². The lowest BCUT2D eigenvalue weighted by molar-refractivity contribution is 0.145. The second-order valence-electron chi connectivity index (χ2n) is 1.79. The van der Waals surface area contributed by atoms with Crippen molar-refractivity contribution in [1.29, 1.82) is 0 Å². The number of aromatic nitrogens is 1. The Morgan fingerprint density at radius 3 is 2.45 bits per heavy atom. The van der Waals surface area contributed by atoms with Crippen LogP contribution in [-0.4, -0.2) is 4.98 Å². The molecule has 60 valence electrons. The quantitative estimate of drug-likeness (QED) is 0.682. The molecule has 11 heavy (non-hydrogen) atoms.